The minimum atomic E-state index is 0.652. The number of nitrogens with zero attached hydrogens (tertiary/aromatic N) is 3. The highest BCUT2D eigenvalue weighted by Gasteiger charge is 2.17. The van der Waals surface area contributed by atoms with Gasteiger partial charge in [0.25, 0.3) is 0 Å². The normalized spacial score (nSPS) is 11.6. The molecule has 3 aromatic heterocycles. The summed E-state index contributed by atoms with van der Waals surface area (Å²) in [4.78, 5) is 15.1. The zero-order valence-electron chi connectivity index (χ0n) is 30.1. The van der Waals surface area contributed by atoms with Crippen molar-refractivity contribution in [2.75, 3.05) is 0 Å². The van der Waals surface area contributed by atoms with E-state index in [0.29, 0.717) is 17.5 Å². The van der Waals surface area contributed by atoms with E-state index in [9.17, 15) is 0 Å². The van der Waals surface area contributed by atoms with Crippen molar-refractivity contribution < 1.29 is 0 Å². The first-order valence-electron chi connectivity index (χ1n) is 18.7. The summed E-state index contributed by atoms with van der Waals surface area (Å²) < 4.78 is 5.09. The molecule has 0 unspecified atom stereocenters. The van der Waals surface area contributed by atoms with Gasteiger partial charge in [-0.1, -0.05) is 158 Å². The van der Waals surface area contributed by atoms with Crippen LogP contribution >= 0.6 is 22.7 Å². The summed E-state index contributed by atoms with van der Waals surface area (Å²) >= 11 is 3.67. The lowest BCUT2D eigenvalue weighted by Gasteiger charge is -2.12. The molecule has 0 N–H and O–H groups in total. The molecular formula is C51H31N3S2. The molecule has 0 saturated carbocycles. The van der Waals surface area contributed by atoms with Gasteiger partial charge in [0.2, 0.25) is 0 Å². The van der Waals surface area contributed by atoms with Crippen molar-refractivity contribution in [1.82, 2.24) is 15.0 Å². The number of rotatable bonds is 6. The van der Waals surface area contributed by atoms with Crippen LogP contribution in [0.3, 0.4) is 0 Å². The van der Waals surface area contributed by atoms with E-state index in [4.69, 9.17) is 15.0 Å². The number of aromatic nitrogens is 3. The van der Waals surface area contributed by atoms with Gasteiger partial charge in [-0.3, -0.25) is 0 Å². The third kappa shape index (κ3) is 5.68. The van der Waals surface area contributed by atoms with Crippen molar-refractivity contribution in [2.24, 2.45) is 0 Å². The summed E-state index contributed by atoms with van der Waals surface area (Å²) in [5.41, 5.74) is 10.2. The van der Waals surface area contributed by atoms with Crippen molar-refractivity contribution >= 4 is 63.0 Å². The molecule has 0 radical (unpaired) electrons. The van der Waals surface area contributed by atoms with Crippen LogP contribution in [-0.4, -0.2) is 15.0 Å². The lowest BCUT2D eigenvalue weighted by atomic mass is 9.91. The maximum Gasteiger partial charge on any atom is 0.164 e. The molecule has 0 aliphatic rings. The van der Waals surface area contributed by atoms with Crippen molar-refractivity contribution in [3.63, 3.8) is 0 Å². The molecule has 3 nitrogen and oxygen atoms in total. The van der Waals surface area contributed by atoms with E-state index >= 15 is 0 Å². The number of hydrogen-bond acceptors (Lipinski definition) is 5. The molecule has 0 aliphatic carbocycles. The smallest absolute Gasteiger partial charge is 0.164 e. The number of fused-ring (bicyclic) bond motifs is 6. The summed E-state index contributed by atoms with van der Waals surface area (Å²) in [5, 5.41) is 5.13. The summed E-state index contributed by atoms with van der Waals surface area (Å²) in [6.45, 7) is 0. The molecule has 5 heteroatoms. The topological polar surface area (TPSA) is 38.7 Å². The Morgan fingerprint density at radius 3 is 1.57 bits per heavy atom. The molecule has 0 amide bonds. The van der Waals surface area contributed by atoms with Gasteiger partial charge in [0.15, 0.2) is 17.5 Å². The van der Waals surface area contributed by atoms with E-state index < -0.39 is 0 Å². The average molecular weight is 750 g/mol. The van der Waals surface area contributed by atoms with Gasteiger partial charge in [0.05, 0.1) is 0 Å². The molecule has 0 atom stereocenters. The molecule has 11 aromatic rings. The van der Waals surface area contributed by atoms with Crippen LogP contribution in [0.4, 0.5) is 0 Å². The second-order valence-corrected chi connectivity index (χ2v) is 16.1. The lowest BCUT2D eigenvalue weighted by molar-refractivity contribution is 1.07. The standard InChI is InChI=1S/C51H31N3S2/c1-3-12-32(13-4-1)33-22-24-35(25-23-33)50-52-49(34-14-5-2-6-15-34)53-51(54-50)37-26-28-40-43-30-36(27-29-45(43)56-47(40)31-37)38-16-7-8-17-39(38)41-19-11-21-46-48(41)42-18-9-10-20-44(42)55-46/h1-31H. The average Bonchev–Trinajstić information content (AvgIpc) is 3.85. The van der Waals surface area contributed by atoms with Crippen molar-refractivity contribution in [3.05, 3.63) is 188 Å². The van der Waals surface area contributed by atoms with Gasteiger partial charge < -0.3 is 0 Å². The van der Waals surface area contributed by atoms with Crippen molar-refractivity contribution in [3.8, 4) is 67.5 Å². The van der Waals surface area contributed by atoms with E-state index in [2.05, 4.69) is 164 Å². The van der Waals surface area contributed by atoms with Crippen LogP contribution in [0.2, 0.25) is 0 Å². The monoisotopic (exact) mass is 749 g/mol. The van der Waals surface area contributed by atoms with Crippen molar-refractivity contribution in [2.45, 2.75) is 0 Å². The molecule has 0 spiro atoms. The summed E-state index contributed by atoms with van der Waals surface area (Å²) in [6.07, 6.45) is 0. The molecule has 0 bridgehead atoms. The minimum absolute atomic E-state index is 0.652. The van der Waals surface area contributed by atoms with E-state index in [1.54, 1.807) is 0 Å². The van der Waals surface area contributed by atoms with Crippen molar-refractivity contribution in [1.29, 1.82) is 0 Å². The third-order valence-corrected chi connectivity index (χ3v) is 12.8. The Hall–Kier alpha value is -6.79. The van der Waals surface area contributed by atoms with Crippen LogP contribution in [-0.2, 0) is 0 Å². The number of benzene rings is 8. The molecule has 8 aromatic carbocycles. The Balaban J connectivity index is 1.00. The second-order valence-electron chi connectivity index (χ2n) is 14.0. The molecule has 0 saturated heterocycles. The van der Waals surface area contributed by atoms with Crippen LogP contribution in [0.1, 0.15) is 0 Å². The van der Waals surface area contributed by atoms with E-state index in [1.807, 2.05) is 46.9 Å². The van der Waals surface area contributed by atoms with Crippen LogP contribution < -0.4 is 0 Å². The predicted octanol–water partition coefficient (Wildman–Crippen LogP) is 14.6. The molecule has 56 heavy (non-hydrogen) atoms. The Morgan fingerprint density at radius 2 is 0.786 bits per heavy atom. The number of thiophene rings is 2. The van der Waals surface area contributed by atoms with Gasteiger partial charge in [0, 0.05) is 57.0 Å². The first-order chi connectivity index (χ1) is 27.7. The summed E-state index contributed by atoms with van der Waals surface area (Å²) in [7, 11) is 0. The first kappa shape index (κ1) is 32.6. The summed E-state index contributed by atoms with van der Waals surface area (Å²) in [6, 6.07) is 66.9. The van der Waals surface area contributed by atoms with Gasteiger partial charge in [0.1, 0.15) is 0 Å². The Bertz CT molecular complexity index is 3240. The van der Waals surface area contributed by atoms with Gasteiger partial charge in [-0.2, -0.15) is 0 Å². The highest BCUT2D eigenvalue weighted by Crippen LogP contribution is 2.44. The van der Waals surface area contributed by atoms with E-state index in [0.717, 1.165) is 22.3 Å². The fourth-order valence-electron chi connectivity index (χ4n) is 7.85. The van der Waals surface area contributed by atoms with Gasteiger partial charge in [-0.05, 0) is 63.7 Å². The summed E-state index contributed by atoms with van der Waals surface area (Å²) in [5.74, 6) is 1.97. The lowest BCUT2D eigenvalue weighted by Crippen LogP contribution is -2.00. The minimum Gasteiger partial charge on any atom is -0.208 e. The SMILES string of the molecule is c1ccc(-c2ccc(-c3nc(-c4ccccc4)nc(-c4ccc5c(c4)sc4ccc(-c6ccccc6-c6cccc7sc8ccccc8c67)cc45)n3)cc2)cc1. The first-order valence-corrected chi connectivity index (χ1v) is 20.3. The highest BCUT2D eigenvalue weighted by atomic mass is 32.1. The zero-order chi connectivity index (χ0) is 37.0. The van der Waals surface area contributed by atoms with Crippen LogP contribution in [0.15, 0.2) is 188 Å². The largest absolute Gasteiger partial charge is 0.208 e. The van der Waals surface area contributed by atoms with E-state index in [1.165, 1.54) is 68.2 Å². The predicted molar refractivity (Wildman–Crippen MR) is 238 cm³/mol. The van der Waals surface area contributed by atoms with Crippen LogP contribution in [0.5, 0.6) is 0 Å². The maximum absolute atomic E-state index is 5.07. The second kappa shape index (κ2) is 13.5. The quantitative estimate of drug-likeness (QED) is 0.170. The fraction of sp³-hybridized carbons (Fsp3) is 0. The molecule has 0 aliphatic heterocycles. The van der Waals surface area contributed by atoms with Crippen LogP contribution in [0, 0.1) is 0 Å². The Labute approximate surface area is 331 Å². The zero-order valence-corrected chi connectivity index (χ0v) is 31.7. The third-order valence-electron chi connectivity index (χ3n) is 10.6. The molecule has 3 heterocycles. The Morgan fingerprint density at radius 1 is 0.268 bits per heavy atom. The van der Waals surface area contributed by atoms with E-state index in [-0.39, 0.29) is 0 Å². The molecule has 0 fully saturated rings. The maximum atomic E-state index is 5.07. The fourth-order valence-corrected chi connectivity index (χ4v) is 10.1. The number of hydrogen-bond donors (Lipinski definition) is 0. The molecular weight excluding hydrogens is 719 g/mol. The van der Waals surface area contributed by atoms with Crippen LogP contribution in [0.25, 0.3) is 108 Å². The Kier molecular flexibility index (Phi) is 7.87. The molecule has 262 valence electrons. The highest BCUT2D eigenvalue weighted by molar-refractivity contribution is 7.26. The van der Waals surface area contributed by atoms with Gasteiger partial charge in [-0.15, -0.1) is 22.7 Å². The van der Waals surface area contributed by atoms with Gasteiger partial charge >= 0.3 is 0 Å². The molecule has 11 rings (SSSR count). The van der Waals surface area contributed by atoms with Gasteiger partial charge in [-0.25, -0.2) is 15.0 Å².